The van der Waals surface area contributed by atoms with Crippen molar-refractivity contribution in [3.05, 3.63) is 107 Å². The van der Waals surface area contributed by atoms with Gasteiger partial charge in [-0.05, 0) is 41.6 Å². The molecule has 1 saturated heterocycles. The molecule has 0 saturated carbocycles. The van der Waals surface area contributed by atoms with Crippen LogP contribution in [0.2, 0.25) is 0 Å². The summed E-state index contributed by atoms with van der Waals surface area (Å²) in [7, 11) is 0. The molecule has 2 heterocycles. The Hall–Kier alpha value is -3.84. The third-order valence-corrected chi connectivity index (χ3v) is 6.50. The number of ether oxygens (including phenoxy) is 1. The fraction of sp³-hybridized carbons (Fsp3) is 0.111. The van der Waals surface area contributed by atoms with Gasteiger partial charge in [0.2, 0.25) is 0 Å². The molecule has 0 aliphatic carbocycles. The summed E-state index contributed by atoms with van der Waals surface area (Å²) in [5.41, 5.74) is 2.71. The van der Waals surface area contributed by atoms with Crippen LogP contribution in [0.25, 0.3) is 17.0 Å². The molecule has 34 heavy (non-hydrogen) atoms. The number of carbonyl (C=O) groups excluding carboxylic acids is 2. The minimum Gasteiger partial charge on any atom is -0.489 e. The highest BCUT2D eigenvalue weighted by molar-refractivity contribution is 8.18. The van der Waals surface area contributed by atoms with Gasteiger partial charge in [0.1, 0.15) is 6.61 Å². The van der Waals surface area contributed by atoms with E-state index < -0.39 is 5.82 Å². The van der Waals surface area contributed by atoms with Gasteiger partial charge in [-0.25, -0.2) is 4.39 Å². The molecule has 7 heteroatoms. The Bertz CT molecular complexity index is 1400. The Kier molecular flexibility index (Phi) is 6.18. The molecule has 3 aromatic carbocycles. The first-order valence-electron chi connectivity index (χ1n) is 10.8. The number of imide groups is 1. The van der Waals surface area contributed by atoms with Crippen LogP contribution in [-0.2, 0) is 17.9 Å². The third-order valence-electron chi connectivity index (χ3n) is 5.59. The number of carbonyl (C=O) groups is 2. The Balaban J connectivity index is 1.37. The average molecular weight is 473 g/mol. The van der Waals surface area contributed by atoms with Gasteiger partial charge in [0.25, 0.3) is 11.1 Å². The number of hydrogen-bond donors (Lipinski definition) is 0. The van der Waals surface area contributed by atoms with Crippen LogP contribution >= 0.6 is 11.8 Å². The molecule has 1 aliphatic heterocycles. The number of fused-ring (bicyclic) bond motifs is 1. The first-order chi connectivity index (χ1) is 16.6. The lowest BCUT2D eigenvalue weighted by molar-refractivity contribution is -0.123. The number of hydrogen-bond acceptors (Lipinski definition) is 4. The van der Waals surface area contributed by atoms with E-state index in [2.05, 4.69) is 0 Å². The van der Waals surface area contributed by atoms with E-state index in [9.17, 15) is 14.0 Å². The van der Waals surface area contributed by atoms with Gasteiger partial charge in [0.15, 0.2) is 11.6 Å². The molecule has 0 atom stereocenters. The van der Waals surface area contributed by atoms with E-state index >= 15 is 0 Å². The highest BCUT2D eigenvalue weighted by Crippen LogP contribution is 2.35. The maximum absolute atomic E-state index is 13.8. The van der Waals surface area contributed by atoms with Crippen molar-refractivity contribution in [3.8, 4) is 5.75 Å². The molecular weight excluding hydrogens is 451 g/mol. The van der Waals surface area contributed by atoms with E-state index in [-0.39, 0.29) is 30.0 Å². The standard InChI is InChI=1S/C27H21FN2O3S/c28-22-11-5-7-13-24(22)33-15-14-29-18-20(21-10-4-6-12-23(21)29)16-25-26(31)30(27(32)34-25)17-19-8-2-1-3-9-19/h1-13,16,18H,14-15,17H2. The Morgan fingerprint density at radius 2 is 1.65 bits per heavy atom. The van der Waals surface area contributed by atoms with Crippen LogP contribution in [0, 0.1) is 5.82 Å². The zero-order valence-corrected chi connectivity index (χ0v) is 19.0. The van der Waals surface area contributed by atoms with E-state index in [0.717, 1.165) is 33.8 Å². The lowest BCUT2D eigenvalue weighted by Gasteiger charge is -2.12. The number of nitrogens with zero attached hydrogens (tertiary/aromatic N) is 2. The predicted octanol–water partition coefficient (Wildman–Crippen LogP) is 6.10. The van der Waals surface area contributed by atoms with Gasteiger partial charge in [0.05, 0.1) is 18.0 Å². The van der Waals surface area contributed by atoms with Crippen LogP contribution in [0.3, 0.4) is 0 Å². The third kappa shape index (κ3) is 4.47. The van der Waals surface area contributed by atoms with E-state index in [1.54, 1.807) is 24.3 Å². The predicted molar refractivity (Wildman–Crippen MR) is 132 cm³/mol. The second-order valence-electron chi connectivity index (χ2n) is 7.83. The van der Waals surface area contributed by atoms with Gasteiger partial charge in [0, 0.05) is 22.7 Å². The van der Waals surface area contributed by atoms with Crippen LogP contribution in [0.5, 0.6) is 5.75 Å². The second-order valence-corrected chi connectivity index (χ2v) is 8.82. The molecule has 0 N–H and O–H groups in total. The second kappa shape index (κ2) is 9.57. The minimum absolute atomic E-state index is 0.214. The topological polar surface area (TPSA) is 51.5 Å². The summed E-state index contributed by atoms with van der Waals surface area (Å²) in [5, 5.41) is 0.686. The molecule has 0 bridgehead atoms. The normalized spacial score (nSPS) is 15.0. The summed E-state index contributed by atoms with van der Waals surface area (Å²) in [4.78, 5) is 27.2. The molecule has 5 rings (SSSR count). The maximum Gasteiger partial charge on any atom is 0.293 e. The summed E-state index contributed by atoms with van der Waals surface area (Å²) < 4.78 is 21.5. The highest BCUT2D eigenvalue weighted by atomic mass is 32.2. The Morgan fingerprint density at radius 3 is 2.47 bits per heavy atom. The quantitative estimate of drug-likeness (QED) is 0.305. The summed E-state index contributed by atoms with van der Waals surface area (Å²) in [5.74, 6) is -0.475. The Morgan fingerprint density at radius 1 is 0.912 bits per heavy atom. The molecule has 0 unspecified atom stereocenters. The van der Waals surface area contributed by atoms with Gasteiger partial charge in [-0.2, -0.15) is 0 Å². The fourth-order valence-electron chi connectivity index (χ4n) is 3.93. The SMILES string of the molecule is O=C1SC(=Cc2cn(CCOc3ccccc3F)c3ccccc23)C(=O)N1Cc1ccccc1. The summed E-state index contributed by atoms with van der Waals surface area (Å²) in [6.45, 7) is 1.03. The number of halogens is 1. The van der Waals surface area contributed by atoms with E-state index in [1.807, 2.05) is 65.4 Å². The molecule has 2 amide bonds. The lowest BCUT2D eigenvalue weighted by atomic mass is 10.1. The van der Waals surface area contributed by atoms with E-state index in [1.165, 1.54) is 11.0 Å². The number of thioether (sulfide) groups is 1. The highest BCUT2D eigenvalue weighted by Gasteiger charge is 2.35. The smallest absolute Gasteiger partial charge is 0.293 e. The maximum atomic E-state index is 13.8. The molecule has 4 aromatic rings. The summed E-state index contributed by atoms with van der Waals surface area (Å²) in [6, 6.07) is 23.6. The number of rotatable bonds is 7. The first-order valence-corrected chi connectivity index (χ1v) is 11.7. The van der Waals surface area contributed by atoms with Crippen molar-refractivity contribution in [3.63, 3.8) is 0 Å². The van der Waals surface area contributed by atoms with E-state index in [4.69, 9.17) is 4.74 Å². The van der Waals surface area contributed by atoms with Crippen LogP contribution in [0.4, 0.5) is 9.18 Å². The number of aromatic nitrogens is 1. The molecular formula is C27H21FN2O3S. The zero-order chi connectivity index (χ0) is 23.5. The molecule has 5 nitrogen and oxygen atoms in total. The van der Waals surface area contributed by atoms with Crippen molar-refractivity contribution in [2.45, 2.75) is 13.1 Å². The summed E-state index contributed by atoms with van der Waals surface area (Å²) in [6.07, 6.45) is 3.70. The molecule has 1 aliphatic rings. The molecule has 1 aromatic heterocycles. The van der Waals surface area contributed by atoms with Crippen LogP contribution < -0.4 is 4.74 Å². The van der Waals surface area contributed by atoms with Crippen molar-refractivity contribution >= 4 is 39.9 Å². The summed E-state index contributed by atoms with van der Waals surface area (Å²) >= 11 is 0.953. The van der Waals surface area contributed by atoms with Crippen molar-refractivity contribution < 1.29 is 18.7 Å². The number of benzene rings is 3. The molecule has 0 spiro atoms. The number of para-hydroxylation sites is 2. The Labute approximate surface area is 200 Å². The van der Waals surface area contributed by atoms with Crippen molar-refractivity contribution in [2.24, 2.45) is 0 Å². The average Bonchev–Trinajstić information content (AvgIpc) is 3.33. The van der Waals surface area contributed by atoms with Gasteiger partial charge < -0.3 is 9.30 Å². The van der Waals surface area contributed by atoms with Gasteiger partial charge in [-0.15, -0.1) is 0 Å². The first kappa shape index (κ1) is 22.0. The van der Waals surface area contributed by atoms with E-state index in [0.29, 0.717) is 11.4 Å². The number of amides is 2. The minimum atomic E-state index is -0.396. The zero-order valence-electron chi connectivity index (χ0n) is 18.2. The van der Waals surface area contributed by atoms with Gasteiger partial charge in [-0.1, -0.05) is 60.7 Å². The largest absolute Gasteiger partial charge is 0.489 e. The fourth-order valence-corrected chi connectivity index (χ4v) is 4.76. The van der Waals surface area contributed by atoms with Gasteiger partial charge in [-0.3, -0.25) is 14.5 Å². The van der Waals surface area contributed by atoms with Crippen LogP contribution in [0.15, 0.2) is 90.0 Å². The van der Waals surface area contributed by atoms with Crippen molar-refractivity contribution in [2.75, 3.05) is 6.61 Å². The lowest BCUT2D eigenvalue weighted by Crippen LogP contribution is -2.27. The van der Waals surface area contributed by atoms with Crippen LogP contribution in [-0.4, -0.2) is 27.2 Å². The molecule has 0 radical (unpaired) electrons. The monoisotopic (exact) mass is 472 g/mol. The van der Waals surface area contributed by atoms with Crippen molar-refractivity contribution in [1.82, 2.24) is 9.47 Å². The van der Waals surface area contributed by atoms with Crippen LogP contribution in [0.1, 0.15) is 11.1 Å². The van der Waals surface area contributed by atoms with Crippen molar-refractivity contribution in [1.29, 1.82) is 0 Å². The molecule has 1 fully saturated rings. The van der Waals surface area contributed by atoms with Gasteiger partial charge >= 0.3 is 0 Å². The molecule has 170 valence electrons.